The van der Waals surface area contributed by atoms with Crippen molar-refractivity contribution in [2.45, 2.75) is 13.3 Å². The highest BCUT2D eigenvalue weighted by Gasteiger charge is 2.09. The van der Waals surface area contributed by atoms with Crippen molar-refractivity contribution in [3.63, 3.8) is 0 Å². The van der Waals surface area contributed by atoms with Crippen molar-refractivity contribution in [2.24, 2.45) is 0 Å². The van der Waals surface area contributed by atoms with Crippen LogP contribution < -0.4 is 15.4 Å². The van der Waals surface area contributed by atoms with Gasteiger partial charge < -0.3 is 20.5 Å². The van der Waals surface area contributed by atoms with E-state index in [2.05, 4.69) is 15.6 Å². The quantitative estimate of drug-likeness (QED) is 0.550. The lowest BCUT2D eigenvalue weighted by Gasteiger charge is -2.12. The van der Waals surface area contributed by atoms with Crippen molar-refractivity contribution in [1.29, 1.82) is 0 Å². The Bertz CT molecular complexity index is 893. The minimum absolute atomic E-state index is 0.138. The van der Waals surface area contributed by atoms with Crippen molar-refractivity contribution in [3.8, 4) is 11.5 Å². The zero-order valence-corrected chi connectivity index (χ0v) is 15.0. The van der Waals surface area contributed by atoms with E-state index < -0.39 is 0 Å². The summed E-state index contributed by atoms with van der Waals surface area (Å²) >= 11 is 0. The lowest BCUT2D eigenvalue weighted by atomic mass is 10.1. The van der Waals surface area contributed by atoms with Gasteiger partial charge in [0, 0.05) is 11.9 Å². The number of benzene rings is 2. The van der Waals surface area contributed by atoms with Crippen molar-refractivity contribution in [1.82, 2.24) is 4.98 Å². The van der Waals surface area contributed by atoms with Gasteiger partial charge >= 0.3 is 0 Å². The number of carbonyl (C=O) groups excluding carboxylic acids is 1. The molecule has 0 spiro atoms. The molecule has 0 bridgehead atoms. The third-order valence-electron chi connectivity index (χ3n) is 3.81. The highest BCUT2D eigenvalue weighted by Crippen LogP contribution is 2.24. The van der Waals surface area contributed by atoms with E-state index >= 15 is 0 Å². The molecule has 1 heterocycles. The molecule has 0 atom stereocenters. The lowest BCUT2D eigenvalue weighted by molar-refractivity contribution is -0.115. The van der Waals surface area contributed by atoms with Crippen molar-refractivity contribution >= 4 is 23.1 Å². The number of amides is 1. The predicted octanol–water partition coefficient (Wildman–Crippen LogP) is 4.11. The zero-order chi connectivity index (χ0) is 19.1. The summed E-state index contributed by atoms with van der Waals surface area (Å²) in [5.74, 6) is 1.36. The number of nitrogens with zero attached hydrogens (tertiary/aromatic N) is 1. The van der Waals surface area contributed by atoms with Gasteiger partial charge in [-0.05, 0) is 61.0 Å². The Morgan fingerprint density at radius 1 is 1.07 bits per heavy atom. The fourth-order valence-electron chi connectivity index (χ4n) is 2.54. The van der Waals surface area contributed by atoms with Crippen LogP contribution in [-0.2, 0) is 11.2 Å². The van der Waals surface area contributed by atoms with Crippen LogP contribution in [0.2, 0.25) is 0 Å². The summed E-state index contributed by atoms with van der Waals surface area (Å²) in [4.78, 5) is 16.7. The van der Waals surface area contributed by atoms with Gasteiger partial charge in [-0.1, -0.05) is 12.1 Å². The molecule has 3 aromatic rings. The summed E-state index contributed by atoms with van der Waals surface area (Å²) < 4.78 is 5.41. The SMILES string of the molecule is CCOc1ccc(CC(=O)Nc2cccnc2Nc2ccc(O)cc2)cc1. The molecule has 0 fully saturated rings. The molecule has 0 radical (unpaired) electrons. The molecule has 6 heteroatoms. The fraction of sp³-hybridized carbons (Fsp3) is 0.143. The molecule has 1 aromatic heterocycles. The molecule has 2 aromatic carbocycles. The monoisotopic (exact) mass is 363 g/mol. The average molecular weight is 363 g/mol. The Morgan fingerprint density at radius 3 is 2.52 bits per heavy atom. The summed E-state index contributed by atoms with van der Waals surface area (Å²) in [7, 11) is 0. The minimum atomic E-state index is -0.138. The molecule has 0 aliphatic rings. The molecule has 0 saturated carbocycles. The second-order valence-electron chi connectivity index (χ2n) is 5.87. The van der Waals surface area contributed by atoms with Crippen LogP contribution in [0.3, 0.4) is 0 Å². The summed E-state index contributed by atoms with van der Waals surface area (Å²) in [5, 5.41) is 15.4. The first-order valence-electron chi connectivity index (χ1n) is 8.66. The molecule has 0 aliphatic carbocycles. The van der Waals surface area contributed by atoms with Gasteiger partial charge in [-0.25, -0.2) is 4.98 Å². The third-order valence-corrected chi connectivity index (χ3v) is 3.81. The van der Waals surface area contributed by atoms with Crippen LogP contribution >= 0.6 is 0 Å². The standard InChI is InChI=1S/C21H21N3O3/c1-2-27-18-11-5-15(6-12-18)14-20(26)24-19-4-3-13-22-21(19)23-16-7-9-17(25)10-8-16/h3-13,25H,2,14H2,1H3,(H,22,23)(H,24,26). The van der Waals surface area contributed by atoms with Gasteiger partial charge in [0.2, 0.25) is 5.91 Å². The molecular formula is C21H21N3O3. The fourth-order valence-corrected chi connectivity index (χ4v) is 2.54. The van der Waals surface area contributed by atoms with E-state index in [1.54, 1.807) is 42.6 Å². The molecule has 3 N–H and O–H groups in total. The average Bonchev–Trinajstić information content (AvgIpc) is 2.67. The molecule has 1 amide bonds. The van der Waals surface area contributed by atoms with Crippen LogP contribution in [0.1, 0.15) is 12.5 Å². The molecule has 3 rings (SSSR count). The highest BCUT2D eigenvalue weighted by molar-refractivity contribution is 5.95. The Hall–Kier alpha value is -3.54. The van der Waals surface area contributed by atoms with Crippen molar-refractivity contribution in [2.75, 3.05) is 17.2 Å². The molecule has 0 saturated heterocycles. The number of phenols is 1. The van der Waals surface area contributed by atoms with Crippen molar-refractivity contribution < 1.29 is 14.6 Å². The number of hydrogen-bond donors (Lipinski definition) is 3. The van der Waals surface area contributed by atoms with E-state index in [0.717, 1.165) is 17.0 Å². The molecular weight excluding hydrogens is 342 g/mol. The molecule has 6 nitrogen and oxygen atoms in total. The van der Waals surface area contributed by atoms with Gasteiger partial charge in [0.1, 0.15) is 11.5 Å². The van der Waals surface area contributed by atoms with E-state index in [1.807, 2.05) is 31.2 Å². The zero-order valence-electron chi connectivity index (χ0n) is 15.0. The van der Waals surface area contributed by atoms with Crippen LogP contribution in [0.4, 0.5) is 17.2 Å². The van der Waals surface area contributed by atoms with Gasteiger partial charge in [0.25, 0.3) is 0 Å². The van der Waals surface area contributed by atoms with Crippen LogP contribution in [0.5, 0.6) is 11.5 Å². The maximum Gasteiger partial charge on any atom is 0.228 e. The minimum Gasteiger partial charge on any atom is -0.508 e. The number of nitrogens with one attached hydrogen (secondary N) is 2. The number of anilines is 3. The van der Waals surface area contributed by atoms with Gasteiger partial charge in [-0.2, -0.15) is 0 Å². The Balaban J connectivity index is 1.66. The first-order valence-corrected chi connectivity index (χ1v) is 8.66. The number of rotatable bonds is 7. The number of aromatic nitrogens is 1. The first kappa shape index (κ1) is 18.3. The second kappa shape index (κ2) is 8.71. The second-order valence-corrected chi connectivity index (χ2v) is 5.87. The summed E-state index contributed by atoms with van der Waals surface area (Å²) in [6, 6.07) is 17.6. The maximum absolute atomic E-state index is 12.4. The molecule has 138 valence electrons. The summed E-state index contributed by atoms with van der Waals surface area (Å²) in [6.45, 7) is 2.54. The number of hydrogen-bond acceptors (Lipinski definition) is 5. The largest absolute Gasteiger partial charge is 0.508 e. The van der Waals surface area contributed by atoms with Gasteiger partial charge in [-0.3, -0.25) is 4.79 Å². The van der Waals surface area contributed by atoms with Crippen LogP contribution in [-0.4, -0.2) is 22.6 Å². The Kier molecular flexibility index (Phi) is 5.89. The third kappa shape index (κ3) is 5.22. The van der Waals surface area contributed by atoms with E-state index in [9.17, 15) is 9.90 Å². The summed E-state index contributed by atoms with van der Waals surface area (Å²) in [5.41, 5.74) is 2.24. The van der Waals surface area contributed by atoms with Gasteiger partial charge in [0.15, 0.2) is 5.82 Å². The number of aromatic hydroxyl groups is 1. The Morgan fingerprint density at radius 2 is 1.81 bits per heavy atom. The number of pyridine rings is 1. The van der Waals surface area contributed by atoms with E-state index in [1.165, 1.54) is 0 Å². The van der Waals surface area contributed by atoms with E-state index in [-0.39, 0.29) is 18.1 Å². The maximum atomic E-state index is 12.4. The highest BCUT2D eigenvalue weighted by atomic mass is 16.5. The molecule has 0 aliphatic heterocycles. The smallest absolute Gasteiger partial charge is 0.228 e. The van der Waals surface area contributed by atoms with Gasteiger partial charge in [0.05, 0.1) is 18.7 Å². The number of ether oxygens (including phenoxy) is 1. The molecule has 0 unspecified atom stereocenters. The predicted molar refractivity (Wildman–Crippen MR) is 106 cm³/mol. The van der Waals surface area contributed by atoms with Crippen LogP contribution in [0, 0.1) is 0 Å². The van der Waals surface area contributed by atoms with E-state index in [4.69, 9.17) is 4.74 Å². The lowest BCUT2D eigenvalue weighted by Crippen LogP contribution is -2.15. The van der Waals surface area contributed by atoms with Gasteiger partial charge in [-0.15, -0.1) is 0 Å². The summed E-state index contributed by atoms with van der Waals surface area (Å²) in [6.07, 6.45) is 1.89. The topological polar surface area (TPSA) is 83.5 Å². The first-order chi connectivity index (χ1) is 13.1. The Labute approximate surface area is 157 Å². The van der Waals surface area contributed by atoms with E-state index in [0.29, 0.717) is 18.1 Å². The van der Waals surface area contributed by atoms with Crippen molar-refractivity contribution in [3.05, 3.63) is 72.4 Å². The molecule has 27 heavy (non-hydrogen) atoms. The number of carbonyl (C=O) groups is 1. The van der Waals surface area contributed by atoms with Crippen LogP contribution in [0.15, 0.2) is 66.9 Å². The normalized spacial score (nSPS) is 10.3. The van der Waals surface area contributed by atoms with Crippen LogP contribution in [0.25, 0.3) is 0 Å². The number of phenolic OH excluding ortho intramolecular Hbond substituents is 1.